The van der Waals surface area contributed by atoms with Crippen molar-refractivity contribution in [2.24, 2.45) is 0 Å². The summed E-state index contributed by atoms with van der Waals surface area (Å²) in [5, 5.41) is 5.74. The van der Waals surface area contributed by atoms with Gasteiger partial charge in [-0.25, -0.2) is 14.6 Å². The van der Waals surface area contributed by atoms with E-state index in [-0.39, 0.29) is 5.56 Å². The third-order valence-corrected chi connectivity index (χ3v) is 4.75. The van der Waals surface area contributed by atoms with Crippen LogP contribution in [-0.2, 0) is 5.75 Å². The lowest BCUT2D eigenvalue weighted by Gasteiger charge is -2.04. The average Bonchev–Trinajstić information content (AvgIpc) is 3.06. The van der Waals surface area contributed by atoms with Crippen LogP contribution in [0.1, 0.15) is 5.56 Å². The van der Waals surface area contributed by atoms with Crippen molar-refractivity contribution in [2.45, 2.75) is 10.9 Å². The average molecular weight is 370 g/mol. The highest BCUT2D eigenvalue weighted by Gasteiger charge is 2.11. The second kappa shape index (κ2) is 6.70. The number of hydrogen-bond donors (Lipinski definition) is 1. The highest BCUT2D eigenvalue weighted by atomic mass is 35.5. The van der Waals surface area contributed by atoms with Crippen LogP contribution < -0.4 is 5.56 Å². The zero-order valence-electron chi connectivity index (χ0n) is 12.9. The Morgan fingerprint density at radius 3 is 2.72 bits per heavy atom. The van der Waals surface area contributed by atoms with E-state index in [0.717, 1.165) is 11.3 Å². The van der Waals surface area contributed by atoms with Crippen LogP contribution in [0.25, 0.3) is 16.7 Å². The minimum Gasteiger partial charge on any atom is -0.301 e. The first-order valence-corrected chi connectivity index (χ1v) is 8.84. The van der Waals surface area contributed by atoms with Crippen LogP contribution >= 0.6 is 23.4 Å². The number of hydrogen-bond acceptors (Lipinski definition) is 5. The summed E-state index contributed by atoms with van der Waals surface area (Å²) in [5.74, 6) is 0.623. The number of nitrogens with zero attached hydrogens (tertiary/aromatic N) is 4. The third kappa shape index (κ3) is 3.29. The van der Waals surface area contributed by atoms with Gasteiger partial charge < -0.3 is 4.98 Å². The summed E-state index contributed by atoms with van der Waals surface area (Å²) in [7, 11) is 0. The fraction of sp³-hybridized carbons (Fsp3) is 0.0588. The summed E-state index contributed by atoms with van der Waals surface area (Å²) < 4.78 is 1.67. The first-order chi connectivity index (χ1) is 12.2. The molecule has 0 saturated carbocycles. The molecule has 0 aliphatic carbocycles. The summed E-state index contributed by atoms with van der Waals surface area (Å²) in [4.78, 5) is 23.7. The van der Waals surface area contributed by atoms with Crippen molar-refractivity contribution in [3.63, 3.8) is 0 Å². The molecule has 3 heterocycles. The van der Waals surface area contributed by atoms with Gasteiger partial charge in [-0.15, -0.1) is 0 Å². The van der Waals surface area contributed by atoms with Crippen LogP contribution in [0.15, 0.2) is 64.8 Å². The maximum absolute atomic E-state index is 12.3. The Kier molecular flexibility index (Phi) is 4.25. The summed E-state index contributed by atoms with van der Waals surface area (Å²) in [6, 6.07) is 13.2. The number of halogens is 1. The maximum atomic E-state index is 12.3. The number of aromatic amines is 1. The molecule has 0 bridgehead atoms. The van der Waals surface area contributed by atoms with Gasteiger partial charge in [-0.2, -0.15) is 5.10 Å². The highest BCUT2D eigenvalue weighted by molar-refractivity contribution is 7.98. The second-order valence-corrected chi connectivity index (χ2v) is 6.63. The quantitative estimate of drug-likeness (QED) is 0.339. The summed E-state index contributed by atoms with van der Waals surface area (Å²) in [6.45, 7) is 0. The van der Waals surface area contributed by atoms with E-state index in [0.29, 0.717) is 27.1 Å². The minimum atomic E-state index is -0.205. The van der Waals surface area contributed by atoms with Gasteiger partial charge in [0.15, 0.2) is 10.8 Å². The molecule has 0 saturated heterocycles. The number of rotatable bonds is 4. The summed E-state index contributed by atoms with van der Waals surface area (Å²) in [5.41, 5.74) is 2.18. The highest BCUT2D eigenvalue weighted by Crippen LogP contribution is 2.21. The third-order valence-electron chi connectivity index (χ3n) is 3.58. The number of H-pyrrole nitrogens is 1. The molecular formula is C17H12ClN5OS. The van der Waals surface area contributed by atoms with Crippen molar-refractivity contribution in [2.75, 3.05) is 0 Å². The molecule has 0 fully saturated rings. The standard InChI is InChI=1S/C17H12ClN5OS/c18-14-7-6-11(8-19-14)10-25-17-21-15-13(16(24)22-17)9-20-23(15)12-4-2-1-3-5-12/h1-9H,10H2,(H,21,22,24). The molecule has 1 aromatic carbocycles. The van der Waals surface area contributed by atoms with Gasteiger partial charge in [-0.05, 0) is 23.8 Å². The molecule has 3 aromatic heterocycles. The van der Waals surface area contributed by atoms with Crippen molar-refractivity contribution < 1.29 is 0 Å². The lowest BCUT2D eigenvalue weighted by molar-refractivity contribution is 0.873. The van der Waals surface area contributed by atoms with E-state index in [1.54, 1.807) is 16.9 Å². The van der Waals surface area contributed by atoms with E-state index in [4.69, 9.17) is 11.6 Å². The SMILES string of the molecule is O=c1[nH]c(SCc2ccc(Cl)nc2)nc2c1cnn2-c1ccccc1. The van der Waals surface area contributed by atoms with E-state index in [2.05, 4.69) is 20.1 Å². The maximum Gasteiger partial charge on any atom is 0.262 e. The number of nitrogens with one attached hydrogen (secondary N) is 1. The number of thioether (sulfide) groups is 1. The zero-order chi connectivity index (χ0) is 17.2. The first-order valence-electron chi connectivity index (χ1n) is 7.47. The molecule has 0 spiro atoms. The fourth-order valence-electron chi connectivity index (χ4n) is 2.37. The molecule has 0 amide bonds. The molecule has 0 atom stereocenters. The molecule has 25 heavy (non-hydrogen) atoms. The van der Waals surface area contributed by atoms with Gasteiger partial charge in [0.05, 0.1) is 11.9 Å². The van der Waals surface area contributed by atoms with Gasteiger partial charge in [0.25, 0.3) is 5.56 Å². The monoisotopic (exact) mass is 369 g/mol. The predicted octanol–water partition coefficient (Wildman–Crippen LogP) is 3.45. The number of aromatic nitrogens is 5. The molecular weight excluding hydrogens is 358 g/mol. The number of para-hydroxylation sites is 1. The van der Waals surface area contributed by atoms with Crippen LogP contribution in [0.4, 0.5) is 0 Å². The second-order valence-electron chi connectivity index (χ2n) is 5.28. The number of benzene rings is 1. The van der Waals surface area contributed by atoms with Gasteiger partial charge >= 0.3 is 0 Å². The molecule has 8 heteroatoms. The zero-order valence-corrected chi connectivity index (χ0v) is 14.5. The molecule has 0 unspecified atom stereocenters. The van der Waals surface area contributed by atoms with Gasteiger partial charge in [-0.3, -0.25) is 4.79 Å². The molecule has 1 N–H and O–H groups in total. The topological polar surface area (TPSA) is 76.5 Å². The van der Waals surface area contributed by atoms with Crippen molar-refractivity contribution in [3.8, 4) is 5.69 Å². The van der Waals surface area contributed by atoms with E-state index in [1.807, 2.05) is 36.4 Å². The smallest absolute Gasteiger partial charge is 0.262 e. The Hall–Kier alpha value is -2.64. The Balaban J connectivity index is 1.68. The first kappa shape index (κ1) is 15.9. The van der Waals surface area contributed by atoms with Gasteiger partial charge in [0.2, 0.25) is 0 Å². The summed E-state index contributed by atoms with van der Waals surface area (Å²) >= 11 is 7.22. The van der Waals surface area contributed by atoms with E-state index in [9.17, 15) is 4.79 Å². The van der Waals surface area contributed by atoms with Crippen LogP contribution in [0.3, 0.4) is 0 Å². The molecule has 0 aliphatic heterocycles. The summed E-state index contributed by atoms with van der Waals surface area (Å²) in [6.07, 6.45) is 3.24. The Morgan fingerprint density at radius 2 is 1.96 bits per heavy atom. The molecule has 0 aliphatic rings. The van der Waals surface area contributed by atoms with E-state index in [1.165, 1.54) is 18.0 Å². The predicted molar refractivity (Wildman–Crippen MR) is 98.3 cm³/mol. The van der Waals surface area contributed by atoms with E-state index >= 15 is 0 Å². The van der Waals surface area contributed by atoms with Crippen molar-refractivity contribution in [3.05, 3.63) is 75.9 Å². The number of pyridine rings is 1. The van der Waals surface area contributed by atoms with E-state index < -0.39 is 0 Å². The fourth-order valence-corrected chi connectivity index (χ4v) is 3.27. The normalized spacial score (nSPS) is 11.1. The Bertz CT molecular complexity index is 1080. The van der Waals surface area contributed by atoms with Crippen molar-refractivity contribution in [1.29, 1.82) is 0 Å². The molecule has 124 valence electrons. The van der Waals surface area contributed by atoms with Crippen LogP contribution in [0.5, 0.6) is 0 Å². The van der Waals surface area contributed by atoms with Crippen molar-refractivity contribution in [1.82, 2.24) is 24.7 Å². The molecule has 0 radical (unpaired) electrons. The lowest BCUT2D eigenvalue weighted by Crippen LogP contribution is -2.09. The van der Waals surface area contributed by atoms with Gasteiger partial charge in [-0.1, -0.05) is 47.6 Å². The Labute approximate surface area is 151 Å². The minimum absolute atomic E-state index is 0.205. The number of fused-ring (bicyclic) bond motifs is 1. The van der Waals surface area contributed by atoms with Gasteiger partial charge in [0.1, 0.15) is 10.5 Å². The molecule has 6 nitrogen and oxygen atoms in total. The van der Waals surface area contributed by atoms with Crippen LogP contribution in [0, 0.1) is 0 Å². The largest absolute Gasteiger partial charge is 0.301 e. The molecule has 4 aromatic rings. The lowest BCUT2D eigenvalue weighted by atomic mass is 10.3. The Morgan fingerprint density at radius 1 is 1.12 bits per heavy atom. The van der Waals surface area contributed by atoms with Crippen LogP contribution in [0.2, 0.25) is 5.15 Å². The van der Waals surface area contributed by atoms with Gasteiger partial charge in [0, 0.05) is 11.9 Å². The van der Waals surface area contributed by atoms with Crippen LogP contribution in [-0.4, -0.2) is 24.7 Å². The molecule has 4 rings (SSSR count). The van der Waals surface area contributed by atoms with Crippen molar-refractivity contribution >= 4 is 34.4 Å².